The molecule has 10 rings (SSSR count). The van der Waals surface area contributed by atoms with Crippen molar-refractivity contribution in [1.82, 2.24) is 0 Å². The number of hydrogen-bond acceptors (Lipinski definition) is 2. The molecule has 0 unspecified atom stereocenters. The van der Waals surface area contributed by atoms with Crippen LogP contribution in [0.2, 0.25) is 0 Å². The van der Waals surface area contributed by atoms with Gasteiger partial charge in [0.1, 0.15) is 0 Å². The number of thiophene rings is 1. The topological polar surface area (TPSA) is 3.24 Å². The van der Waals surface area contributed by atoms with Crippen molar-refractivity contribution in [3.05, 3.63) is 200 Å². The van der Waals surface area contributed by atoms with Crippen LogP contribution >= 0.6 is 11.3 Å². The molecule has 2 heteroatoms. The zero-order valence-electron chi connectivity index (χ0n) is 28.4. The summed E-state index contributed by atoms with van der Waals surface area (Å²) in [6.45, 7) is 0. The Hall–Kier alpha value is -6.48. The molecule has 0 N–H and O–H groups in total. The van der Waals surface area contributed by atoms with Crippen molar-refractivity contribution in [2.75, 3.05) is 4.90 Å². The summed E-state index contributed by atoms with van der Waals surface area (Å²) < 4.78 is 2.64. The smallest absolute Gasteiger partial charge is 0.0467 e. The normalized spacial score (nSPS) is 11.5. The fourth-order valence-corrected chi connectivity index (χ4v) is 8.96. The van der Waals surface area contributed by atoms with Gasteiger partial charge in [-0.3, -0.25) is 0 Å². The van der Waals surface area contributed by atoms with Crippen LogP contribution < -0.4 is 4.90 Å². The molecule has 1 aromatic heterocycles. The molecular formula is C50H33NS. The van der Waals surface area contributed by atoms with Gasteiger partial charge in [-0.15, -0.1) is 11.3 Å². The molecule has 1 nitrogen and oxygen atoms in total. The van der Waals surface area contributed by atoms with E-state index in [-0.39, 0.29) is 0 Å². The maximum absolute atomic E-state index is 2.41. The Morgan fingerprint density at radius 3 is 1.62 bits per heavy atom. The van der Waals surface area contributed by atoms with Crippen LogP contribution in [0.5, 0.6) is 0 Å². The number of nitrogens with zero attached hydrogens (tertiary/aromatic N) is 1. The highest BCUT2D eigenvalue weighted by atomic mass is 32.1. The van der Waals surface area contributed by atoms with Crippen molar-refractivity contribution in [2.45, 2.75) is 0 Å². The molecule has 1 heterocycles. The van der Waals surface area contributed by atoms with E-state index in [0.717, 1.165) is 17.1 Å². The molecule has 0 saturated carbocycles. The van der Waals surface area contributed by atoms with Crippen molar-refractivity contribution in [3.63, 3.8) is 0 Å². The van der Waals surface area contributed by atoms with E-state index in [1.54, 1.807) is 0 Å². The van der Waals surface area contributed by atoms with Crippen LogP contribution in [0.4, 0.5) is 17.1 Å². The molecule has 0 radical (unpaired) electrons. The minimum absolute atomic E-state index is 1.11. The van der Waals surface area contributed by atoms with Crippen molar-refractivity contribution in [2.24, 2.45) is 0 Å². The maximum atomic E-state index is 2.41. The summed E-state index contributed by atoms with van der Waals surface area (Å²) in [7, 11) is 0. The Labute approximate surface area is 307 Å². The predicted octanol–water partition coefficient (Wildman–Crippen LogP) is 14.8. The van der Waals surface area contributed by atoms with Gasteiger partial charge in [0.25, 0.3) is 0 Å². The van der Waals surface area contributed by atoms with Crippen LogP contribution in [0.1, 0.15) is 0 Å². The Kier molecular flexibility index (Phi) is 7.41. The Morgan fingerprint density at radius 2 is 0.827 bits per heavy atom. The van der Waals surface area contributed by atoms with Gasteiger partial charge in [0.2, 0.25) is 0 Å². The molecule has 10 aromatic rings. The molecule has 0 spiro atoms. The molecule has 0 atom stereocenters. The lowest BCUT2D eigenvalue weighted by Crippen LogP contribution is -2.10. The minimum Gasteiger partial charge on any atom is -0.310 e. The lowest BCUT2D eigenvalue weighted by Gasteiger charge is -2.27. The summed E-state index contributed by atoms with van der Waals surface area (Å²) in [5, 5.41) is 7.62. The fraction of sp³-hybridized carbons (Fsp3) is 0. The lowest BCUT2D eigenvalue weighted by atomic mass is 9.97. The van der Waals surface area contributed by atoms with E-state index in [1.807, 2.05) is 11.3 Å². The SMILES string of the molecule is c1cc(-c2ccc3ccccc3c2)cc(N(c2cccc(-c3cccc4ccccc34)c2)c2cccc(-c3cccc4c3sc3ccccc34)c2)c1. The van der Waals surface area contributed by atoms with Crippen molar-refractivity contribution in [1.29, 1.82) is 0 Å². The van der Waals surface area contributed by atoms with Crippen molar-refractivity contribution < 1.29 is 0 Å². The van der Waals surface area contributed by atoms with Crippen LogP contribution in [-0.2, 0) is 0 Å². The van der Waals surface area contributed by atoms with Gasteiger partial charge in [-0.1, -0.05) is 152 Å². The molecule has 0 aliphatic carbocycles. The van der Waals surface area contributed by atoms with Crippen molar-refractivity contribution in [3.8, 4) is 33.4 Å². The van der Waals surface area contributed by atoms with Crippen LogP contribution in [0.25, 0.3) is 75.1 Å². The Bertz CT molecular complexity index is 2930. The van der Waals surface area contributed by atoms with Gasteiger partial charge in [0.05, 0.1) is 0 Å². The average molecular weight is 680 g/mol. The highest BCUT2D eigenvalue weighted by Crippen LogP contribution is 2.43. The van der Waals surface area contributed by atoms with E-state index in [0.29, 0.717) is 0 Å². The summed E-state index contributed by atoms with van der Waals surface area (Å²) in [6.07, 6.45) is 0. The molecule has 0 amide bonds. The Balaban J connectivity index is 1.15. The summed E-state index contributed by atoms with van der Waals surface area (Å²) in [5.41, 5.74) is 10.6. The first-order valence-electron chi connectivity index (χ1n) is 17.8. The molecule has 9 aromatic carbocycles. The Morgan fingerprint density at radius 1 is 0.308 bits per heavy atom. The van der Waals surface area contributed by atoms with Crippen LogP contribution in [0.3, 0.4) is 0 Å². The summed E-state index contributed by atoms with van der Waals surface area (Å²) in [5.74, 6) is 0. The third-order valence-electron chi connectivity index (χ3n) is 10.2. The molecule has 0 fully saturated rings. The van der Waals surface area contributed by atoms with Gasteiger partial charge in [-0.05, 0) is 103 Å². The van der Waals surface area contributed by atoms with Gasteiger partial charge in [-0.2, -0.15) is 0 Å². The maximum Gasteiger partial charge on any atom is 0.0467 e. The van der Waals surface area contributed by atoms with Gasteiger partial charge in [-0.25, -0.2) is 0 Å². The highest BCUT2D eigenvalue weighted by molar-refractivity contribution is 7.26. The predicted molar refractivity (Wildman–Crippen MR) is 225 cm³/mol. The quantitative estimate of drug-likeness (QED) is 0.169. The first-order valence-corrected chi connectivity index (χ1v) is 18.6. The molecule has 0 aliphatic heterocycles. The third kappa shape index (κ3) is 5.33. The van der Waals surface area contributed by atoms with E-state index in [9.17, 15) is 0 Å². The molecule has 0 saturated heterocycles. The van der Waals surface area contributed by atoms with Gasteiger partial charge >= 0.3 is 0 Å². The monoisotopic (exact) mass is 679 g/mol. The van der Waals surface area contributed by atoms with E-state index >= 15 is 0 Å². The molecule has 0 bridgehead atoms. The molecular weight excluding hydrogens is 647 g/mol. The largest absolute Gasteiger partial charge is 0.310 e. The molecule has 0 aliphatic rings. The number of benzene rings is 9. The second-order valence-electron chi connectivity index (χ2n) is 13.4. The van der Waals surface area contributed by atoms with E-state index in [1.165, 1.54) is 75.1 Å². The second-order valence-corrected chi connectivity index (χ2v) is 14.4. The van der Waals surface area contributed by atoms with E-state index in [2.05, 4.69) is 205 Å². The number of hydrogen-bond donors (Lipinski definition) is 0. The number of rotatable bonds is 6. The second kappa shape index (κ2) is 12.7. The van der Waals surface area contributed by atoms with Crippen LogP contribution in [0, 0.1) is 0 Å². The lowest BCUT2D eigenvalue weighted by molar-refractivity contribution is 1.28. The van der Waals surface area contributed by atoms with Crippen LogP contribution in [-0.4, -0.2) is 0 Å². The zero-order valence-corrected chi connectivity index (χ0v) is 29.2. The van der Waals surface area contributed by atoms with Gasteiger partial charge in [0.15, 0.2) is 0 Å². The first kappa shape index (κ1) is 30.4. The van der Waals surface area contributed by atoms with Crippen molar-refractivity contribution >= 4 is 70.1 Å². The van der Waals surface area contributed by atoms with Gasteiger partial charge in [0, 0.05) is 37.2 Å². The first-order chi connectivity index (χ1) is 25.8. The number of fused-ring (bicyclic) bond motifs is 5. The summed E-state index contributed by atoms with van der Waals surface area (Å²) in [4.78, 5) is 2.41. The standard InChI is InChI=1S/C50H33NS/c1-2-14-36-30-38(29-28-34(36)12-1)37-16-7-19-41(31-37)51(42-20-8-17-39(32-42)45-24-10-15-35-13-3-4-22-44(35)45)43-21-9-18-40(33-43)46-25-11-26-48-47-23-5-6-27-49(47)52-50(46)48/h1-33H. The molecule has 244 valence electrons. The van der Waals surface area contributed by atoms with E-state index in [4.69, 9.17) is 0 Å². The van der Waals surface area contributed by atoms with Gasteiger partial charge < -0.3 is 4.90 Å². The average Bonchev–Trinajstić information content (AvgIpc) is 3.60. The highest BCUT2D eigenvalue weighted by Gasteiger charge is 2.17. The fourth-order valence-electron chi connectivity index (χ4n) is 7.72. The number of anilines is 3. The summed E-state index contributed by atoms with van der Waals surface area (Å²) in [6, 6.07) is 73.0. The molecule has 52 heavy (non-hydrogen) atoms. The third-order valence-corrected chi connectivity index (χ3v) is 11.4. The zero-order chi connectivity index (χ0) is 34.4. The van der Waals surface area contributed by atoms with Crippen LogP contribution in [0.15, 0.2) is 200 Å². The van der Waals surface area contributed by atoms with E-state index < -0.39 is 0 Å². The minimum atomic E-state index is 1.11. The summed E-state index contributed by atoms with van der Waals surface area (Å²) >= 11 is 1.88.